The Morgan fingerprint density at radius 3 is 2.69 bits per heavy atom. The zero-order chi connectivity index (χ0) is 19.4. The summed E-state index contributed by atoms with van der Waals surface area (Å²) < 4.78 is 5.46. The van der Waals surface area contributed by atoms with E-state index in [0.717, 1.165) is 62.5 Å². The summed E-state index contributed by atoms with van der Waals surface area (Å²) in [4.78, 5) is 12.9. The van der Waals surface area contributed by atoms with Crippen LogP contribution in [0.15, 0.2) is 58.5 Å². The smallest absolute Gasteiger partial charge is 0.191 e. The van der Waals surface area contributed by atoms with Crippen molar-refractivity contribution in [3.8, 4) is 0 Å². The van der Waals surface area contributed by atoms with Crippen LogP contribution < -0.4 is 15.5 Å². The van der Waals surface area contributed by atoms with Crippen LogP contribution in [0.3, 0.4) is 0 Å². The van der Waals surface area contributed by atoms with Gasteiger partial charge in [0.15, 0.2) is 5.96 Å². The topological polar surface area (TPSA) is 61.8 Å². The van der Waals surface area contributed by atoms with Gasteiger partial charge in [0.2, 0.25) is 0 Å². The van der Waals surface area contributed by atoms with Gasteiger partial charge in [0.05, 0.1) is 19.8 Å². The van der Waals surface area contributed by atoms with Crippen LogP contribution >= 0.6 is 35.7 Å². The molecular weight excluding hydrogens is 497 g/mol. The highest BCUT2D eigenvalue weighted by atomic mass is 127. The third kappa shape index (κ3) is 8.02. The first-order valence-electron chi connectivity index (χ1n) is 9.83. The Morgan fingerprint density at radius 1 is 1.14 bits per heavy atom. The summed E-state index contributed by atoms with van der Waals surface area (Å²) in [5.41, 5.74) is 1.14. The second-order valence-corrected chi connectivity index (χ2v) is 7.54. The quantitative estimate of drug-likeness (QED) is 0.181. The van der Waals surface area contributed by atoms with E-state index >= 15 is 0 Å². The summed E-state index contributed by atoms with van der Waals surface area (Å²) in [5.74, 6) is 2.85. The van der Waals surface area contributed by atoms with Crippen molar-refractivity contribution in [2.75, 3.05) is 50.0 Å². The highest BCUT2D eigenvalue weighted by Gasteiger charge is 2.15. The van der Waals surface area contributed by atoms with Crippen molar-refractivity contribution >= 4 is 47.5 Å². The molecule has 6 nitrogen and oxygen atoms in total. The number of hydrogen-bond acceptors (Lipinski definition) is 5. The zero-order valence-electron chi connectivity index (χ0n) is 16.8. The maximum atomic E-state index is 5.46. The molecule has 0 atom stereocenters. The van der Waals surface area contributed by atoms with Crippen LogP contribution in [0.4, 0.5) is 5.82 Å². The van der Waals surface area contributed by atoms with Crippen LogP contribution in [0.5, 0.6) is 0 Å². The zero-order valence-corrected chi connectivity index (χ0v) is 20.0. The molecule has 0 saturated carbocycles. The second kappa shape index (κ2) is 13.7. The first-order chi connectivity index (χ1) is 13.9. The number of hydrogen-bond donors (Lipinski definition) is 2. The van der Waals surface area contributed by atoms with Crippen molar-refractivity contribution in [1.29, 1.82) is 0 Å². The Labute approximate surface area is 194 Å². The molecule has 1 aliphatic rings. The highest BCUT2D eigenvalue weighted by Crippen LogP contribution is 2.19. The largest absolute Gasteiger partial charge is 0.378 e. The Balaban J connectivity index is 0.00000300. The van der Waals surface area contributed by atoms with E-state index in [1.807, 2.05) is 30.1 Å². The molecule has 0 unspecified atom stereocenters. The Kier molecular flexibility index (Phi) is 11.2. The number of rotatable bonds is 8. The molecule has 2 heterocycles. The number of guanidine groups is 1. The SMILES string of the molecule is CCNC(=NCc1cccnc1N1CCOCC1)NCCSc1ccccc1.I. The van der Waals surface area contributed by atoms with E-state index in [-0.39, 0.29) is 24.0 Å². The number of morpholine rings is 1. The Morgan fingerprint density at radius 2 is 1.93 bits per heavy atom. The second-order valence-electron chi connectivity index (χ2n) is 6.37. The number of aromatic nitrogens is 1. The third-order valence-corrected chi connectivity index (χ3v) is 5.35. The number of ether oxygens (including phenoxy) is 1. The monoisotopic (exact) mass is 527 g/mol. The average Bonchev–Trinajstić information content (AvgIpc) is 2.76. The van der Waals surface area contributed by atoms with E-state index in [1.165, 1.54) is 4.90 Å². The van der Waals surface area contributed by atoms with Gasteiger partial charge in [-0.3, -0.25) is 0 Å². The molecule has 0 bridgehead atoms. The molecule has 0 spiro atoms. The summed E-state index contributed by atoms with van der Waals surface area (Å²) >= 11 is 1.84. The minimum absolute atomic E-state index is 0. The molecule has 0 amide bonds. The number of anilines is 1. The molecule has 0 aliphatic carbocycles. The fraction of sp³-hybridized carbons (Fsp3) is 0.429. The molecule has 3 rings (SSSR count). The van der Waals surface area contributed by atoms with Crippen molar-refractivity contribution in [3.63, 3.8) is 0 Å². The van der Waals surface area contributed by atoms with E-state index in [4.69, 9.17) is 9.73 Å². The Bertz CT molecular complexity index is 741. The van der Waals surface area contributed by atoms with Crippen LogP contribution in [0.2, 0.25) is 0 Å². The van der Waals surface area contributed by atoms with Gasteiger partial charge in [-0.05, 0) is 25.1 Å². The lowest BCUT2D eigenvalue weighted by atomic mass is 10.2. The standard InChI is InChI=1S/C21H29N5OS.HI/c1-2-22-21(24-11-16-28-19-8-4-3-5-9-19)25-17-18-7-6-10-23-20(18)26-12-14-27-15-13-26;/h3-10H,2,11-17H2,1H3,(H2,22,24,25);1H. The van der Waals surface area contributed by atoms with Gasteiger partial charge in [-0.2, -0.15) is 0 Å². The summed E-state index contributed by atoms with van der Waals surface area (Å²) in [6.45, 7) is 7.63. The fourth-order valence-electron chi connectivity index (χ4n) is 2.97. The molecule has 1 saturated heterocycles. The van der Waals surface area contributed by atoms with Crippen molar-refractivity contribution in [3.05, 3.63) is 54.2 Å². The van der Waals surface area contributed by atoms with Crippen molar-refractivity contribution in [2.45, 2.75) is 18.4 Å². The molecule has 1 aliphatic heterocycles. The maximum absolute atomic E-state index is 5.46. The van der Waals surface area contributed by atoms with Gasteiger partial charge in [0.25, 0.3) is 0 Å². The van der Waals surface area contributed by atoms with Crippen molar-refractivity contribution in [2.24, 2.45) is 4.99 Å². The minimum Gasteiger partial charge on any atom is -0.378 e. The summed E-state index contributed by atoms with van der Waals surface area (Å²) in [5, 5.41) is 6.75. The molecule has 158 valence electrons. The van der Waals surface area contributed by atoms with E-state index in [9.17, 15) is 0 Å². The number of thioether (sulfide) groups is 1. The Hall–Kier alpha value is -1.52. The predicted octanol–water partition coefficient (Wildman–Crippen LogP) is 3.38. The minimum atomic E-state index is 0. The third-order valence-electron chi connectivity index (χ3n) is 4.34. The molecule has 2 N–H and O–H groups in total. The molecule has 1 fully saturated rings. The van der Waals surface area contributed by atoms with Gasteiger partial charge in [0, 0.05) is 48.6 Å². The van der Waals surface area contributed by atoms with E-state index in [0.29, 0.717) is 6.54 Å². The first kappa shape index (κ1) is 23.8. The number of aliphatic imine (C=N–C) groups is 1. The van der Waals surface area contributed by atoms with Crippen molar-refractivity contribution < 1.29 is 4.74 Å². The maximum Gasteiger partial charge on any atom is 0.191 e. The van der Waals surface area contributed by atoms with E-state index in [2.05, 4.69) is 57.8 Å². The van der Waals surface area contributed by atoms with Gasteiger partial charge in [-0.1, -0.05) is 24.3 Å². The van der Waals surface area contributed by atoms with Gasteiger partial charge >= 0.3 is 0 Å². The fourth-order valence-corrected chi connectivity index (χ4v) is 3.76. The van der Waals surface area contributed by atoms with Crippen molar-refractivity contribution in [1.82, 2.24) is 15.6 Å². The van der Waals surface area contributed by atoms with Crippen LogP contribution in [0, 0.1) is 0 Å². The van der Waals surface area contributed by atoms with Gasteiger partial charge < -0.3 is 20.3 Å². The van der Waals surface area contributed by atoms with Gasteiger partial charge in [-0.25, -0.2) is 9.98 Å². The molecule has 1 aromatic carbocycles. The lowest BCUT2D eigenvalue weighted by Gasteiger charge is -2.29. The molecule has 8 heteroatoms. The van der Waals surface area contributed by atoms with Gasteiger partial charge in [0.1, 0.15) is 5.82 Å². The number of benzene rings is 1. The number of nitrogens with zero attached hydrogens (tertiary/aromatic N) is 3. The lowest BCUT2D eigenvalue weighted by molar-refractivity contribution is 0.122. The first-order valence-corrected chi connectivity index (χ1v) is 10.8. The molecule has 0 radical (unpaired) electrons. The molecule has 29 heavy (non-hydrogen) atoms. The number of halogens is 1. The molecular formula is C21H30IN5OS. The summed E-state index contributed by atoms with van der Waals surface area (Å²) in [6.07, 6.45) is 1.85. The van der Waals surface area contributed by atoms with Crippen LogP contribution in [0.25, 0.3) is 0 Å². The van der Waals surface area contributed by atoms with E-state index in [1.54, 1.807) is 0 Å². The summed E-state index contributed by atoms with van der Waals surface area (Å²) in [7, 11) is 0. The average molecular weight is 527 g/mol. The van der Waals surface area contributed by atoms with E-state index < -0.39 is 0 Å². The predicted molar refractivity (Wildman–Crippen MR) is 133 cm³/mol. The van der Waals surface area contributed by atoms with Crippen LogP contribution in [-0.2, 0) is 11.3 Å². The van der Waals surface area contributed by atoms with Gasteiger partial charge in [-0.15, -0.1) is 35.7 Å². The number of nitrogens with one attached hydrogen (secondary N) is 2. The molecule has 2 aromatic rings. The highest BCUT2D eigenvalue weighted by molar-refractivity contribution is 14.0. The molecule has 1 aromatic heterocycles. The normalized spacial score (nSPS) is 14.2. The number of pyridine rings is 1. The van der Waals surface area contributed by atoms with Crippen LogP contribution in [-0.4, -0.2) is 56.1 Å². The van der Waals surface area contributed by atoms with Crippen LogP contribution in [0.1, 0.15) is 12.5 Å². The summed E-state index contributed by atoms with van der Waals surface area (Å²) in [6, 6.07) is 14.5. The lowest BCUT2D eigenvalue weighted by Crippen LogP contribution is -2.38.